The number of carbonyl (C=O) groups is 1. The van der Waals surface area contributed by atoms with Gasteiger partial charge in [-0.1, -0.05) is 12.5 Å². The lowest BCUT2D eigenvalue weighted by Gasteiger charge is -2.36. The van der Waals surface area contributed by atoms with Gasteiger partial charge in [-0.05, 0) is 56.0 Å². The maximum absolute atomic E-state index is 10.8. The van der Waals surface area contributed by atoms with Gasteiger partial charge in [0, 0.05) is 19.1 Å². The molecule has 0 spiro atoms. The highest BCUT2D eigenvalue weighted by Crippen LogP contribution is 2.29. The zero-order valence-electron chi connectivity index (χ0n) is 15.6. The molecule has 0 saturated heterocycles. The molecule has 27 heavy (non-hydrogen) atoms. The average Bonchev–Trinajstić information content (AvgIpc) is 2.85. The van der Waals surface area contributed by atoms with Gasteiger partial charge < -0.3 is 15.6 Å². The Hall–Kier alpha value is -2.51. The van der Waals surface area contributed by atoms with Gasteiger partial charge in [0.25, 0.3) is 0 Å². The number of aromatic nitrogens is 2. The van der Waals surface area contributed by atoms with Crippen molar-refractivity contribution in [3.63, 3.8) is 0 Å². The summed E-state index contributed by atoms with van der Waals surface area (Å²) in [6, 6.07) is 6.94. The highest BCUT2D eigenvalue weighted by Gasteiger charge is 2.26. The van der Waals surface area contributed by atoms with Gasteiger partial charge in [0.05, 0.1) is 12.4 Å². The first-order valence-corrected chi connectivity index (χ1v) is 9.36. The van der Waals surface area contributed by atoms with Crippen molar-refractivity contribution in [2.45, 2.75) is 38.1 Å². The zero-order chi connectivity index (χ0) is 19.2. The topological polar surface area (TPSA) is 102 Å². The summed E-state index contributed by atoms with van der Waals surface area (Å²) in [6.07, 6.45) is 8.72. The predicted molar refractivity (Wildman–Crippen MR) is 102 cm³/mol. The van der Waals surface area contributed by atoms with E-state index in [1.807, 2.05) is 6.07 Å². The molecule has 2 heterocycles. The van der Waals surface area contributed by atoms with Crippen LogP contribution in [0, 0.1) is 0 Å². The molecule has 0 radical (unpaired) electrons. The minimum atomic E-state index is -1.10. The van der Waals surface area contributed by atoms with Crippen molar-refractivity contribution in [2.24, 2.45) is 5.73 Å². The van der Waals surface area contributed by atoms with Gasteiger partial charge in [0.1, 0.15) is 5.75 Å². The Morgan fingerprint density at radius 3 is 2.48 bits per heavy atom. The number of ether oxygens (including phenoxy) is 1. The first-order chi connectivity index (χ1) is 13.2. The van der Waals surface area contributed by atoms with E-state index in [4.69, 9.17) is 9.84 Å². The molecular formula is C20H26N4O3. The number of nitrogens with two attached hydrogens (primary N) is 1. The first-order valence-electron chi connectivity index (χ1n) is 9.36. The van der Waals surface area contributed by atoms with Gasteiger partial charge in [0.2, 0.25) is 5.88 Å². The molecule has 0 unspecified atom stereocenters. The minimum absolute atomic E-state index is 0.0923. The number of fused-ring (bicyclic) bond motifs is 1. The maximum atomic E-state index is 10.8. The molecule has 1 aliphatic carbocycles. The van der Waals surface area contributed by atoms with Gasteiger partial charge >= 0.3 is 5.97 Å². The summed E-state index contributed by atoms with van der Waals surface area (Å²) in [5.74, 6) is -0.0806. The second kappa shape index (κ2) is 8.92. The first kappa shape index (κ1) is 19.3. The molecule has 2 aliphatic rings. The van der Waals surface area contributed by atoms with Crippen LogP contribution in [0.5, 0.6) is 11.6 Å². The second-order valence-electron chi connectivity index (χ2n) is 6.70. The Kier molecular flexibility index (Phi) is 6.36. The third kappa shape index (κ3) is 4.61. The number of carboxylic acids is 1. The minimum Gasteiger partial charge on any atom is -0.476 e. The van der Waals surface area contributed by atoms with Crippen LogP contribution in [0.25, 0.3) is 0 Å². The second-order valence-corrected chi connectivity index (χ2v) is 6.70. The number of hydrogen-bond acceptors (Lipinski definition) is 6. The Morgan fingerprint density at radius 2 is 1.89 bits per heavy atom. The van der Waals surface area contributed by atoms with E-state index in [1.165, 1.54) is 49.8 Å². The largest absolute Gasteiger partial charge is 0.476 e. The van der Waals surface area contributed by atoms with E-state index in [1.54, 1.807) is 0 Å². The van der Waals surface area contributed by atoms with Gasteiger partial charge in [-0.25, -0.2) is 14.8 Å². The molecule has 0 atom stereocenters. The third-order valence-corrected chi connectivity index (χ3v) is 5.18. The van der Waals surface area contributed by atoms with Crippen LogP contribution >= 0.6 is 0 Å². The fourth-order valence-electron chi connectivity index (χ4n) is 3.50. The number of nitrogens with zero attached hydrogens (tertiary/aromatic N) is 3. The normalized spacial score (nSPS) is 17.0. The number of benzene rings is 1. The van der Waals surface area contributed by atoms with Crippen LogP contribution in [-0.4, -0.2) is 52.1 Å². The molecule has 7 heteroatoms. The van der Waals surface area contributed by atoms with Crippen molar-refractivity contribution in [3.05, 3.63) is 47.4 Å². The lowest BCUT2D eigenvalue weighted by molar-refractivity contribution is 0.0690. The van der Waals surface area contributed by atoms with E-state index in [0.717, 1.165) is 32.0 Å². The van der Waals surface area contributed by atoms with Crippen molar-refractivity contribution in [2.75, 3.05) is 20.1 Å². The van der Waals surface area contributed by atoms with Crippen LogP contribution in [0.4, 0.5) is 0 Å². The Bertz CT molecular complexity index is 775. The van der Waals surface area contributed by atoms with Crippen molar-refractivity contribution < 1.29 is 14.6 Å². The Balaban J connectivity index is 0.00000102. The highest BCUT2D eigenvalue weighted by atomic mass is 16.5. The quantitative estimate of drug-likeness (QED) is 0.852. The molecule has 144 valence electrons. The van der Waals surface area contributed by atoms with E-state index in [-0.39, 0.29) is 5.69 Å². The molecule has 7 nitrogen and oxygen atoms in total. The fraction of sp³-hybridized carbons (Fsp3) is 0.450. The van der Waals surface area contributed by atoms with Gasteiger partial charge in [-0.2, -0.15) is 0 Å². The lowest BCUT2D eigenvalue weighted by atomic mass is 9.91. The molecule has 1 aliphatic heterocycles. The van der Waals surface area contributed by atoms with Crippen LogP contribution in [0.1, 0.15) is 40.9 Å². The van der Waals surface area contributed by atoms with E-state index < -0.39 is 5.97 Å². The van der Waals surface area contributed by atoms with Gasteiger partial charge in [-0.15, -0.1) is 0 Å². The third-order valence-electron chi connectivity index (χ3n) is 5.18. The standard InChI is InChI=1S/C19H21N3O3.CH5N/c23-19(24)17-11-21-18(12-20-17)25-16-5-4-13-6-8-22(15-2-1-3-15)9-7-14(13)10-16;1-2/h4-5,10-12,15H,1-3,6-9H2,(H,23,24);2H2,1H3. The van der Waals surface area contributed by atoms with Crippen molar-refractivity contribution in [3.8, 4) is 11.6 Å². The van der Waals surface area contributed by atoms with E-state index in [0.29, 0.717) is 11.6 Å². The summed E-state index contributed by atoms with van der Waals surface area (Å²) >= 11 is 0. The maximum Gasteiger partial charge on any atom is 0.356 e. The molecule has 1 saturated carbocycles. The van der Waals surface area contributed by atoms with Crippen LogP contribution in [-0.2, 0) is 12.8 Å². The summed E-state index contributed by atoms with van der Waals surface area (Å²) in [7, 11) is 1.50. The molecule has 1 aromatic carbocycles. The lowest BCUT2D eigenvalue weighted by Crippen LogP contribution is -2.41. The smallest absolute Gasteiger partial charge is 0.356 e. The van der Waals surface area contributed by atoms with Crippen LogP contribution in [0.15, 0.2) is 30.6 Å². The highest BCUT2D eigenvalue weighted by molar-refractivity contribution is 5.84. The number of rotatable bonds is 4. The van der Waals surface area contributed by atoms with Crippen molar-refractivity contribution >= 4 is 5.97 Å². The fourth-order valence-corrected chi connectivity index (χ4v) is 3.50. The van der Waals surface area contributed by atoms with Crippen LogP contribution < -0.4 is 10.5 Å². The zero-order valence-corrected chi connectivity index (χ0v) is 15.6. The monoisotopic (exact) mass is 370 g/mol. The number of carboxylic acid groups (broad SMARTS) is 1. The molecule has 2 aromatic rings. The summed E-state index contributed by atoms with van der Waals surface area (Å²) in [5, 5.41) is 8.86. The molecule has 1 fully saturated rings. The van der Waals surface area contributed by atoms with E-state index in [9.17, 15) is 4.79 Å². The molecule has 3 N–H and O–H groups in total. The van der Waals surface area contributed by atoms with Gasteiger partial charge in [0.15, 0.2) is 5.69 Å². The van der Waals surface area contributed by atoms with Crippen molar-refractivity contribution in [1.29, 1.82) is 0 Å². The molecular weight excluding hydrogens is 344 g/mol. The average molecular weight is 370 g/mol. The Labute approximate surface area is 159 Å². The molecule has 0 amide bonds. The van der Waals surface area contributed by atoms with Gasteiger partial charge in [-0.3, -0.25) is 4.90 Å². The Morgan fingerprint density at radius 1 is 1.15 bits per heavy atom. The number of aromatic carboxylic acids is 1. The van der Waals surface area contributed by atoms with Crippen LogP contribution in [0.3, 0.4) is 0 Å². The SMILES string of the molecule is CN.O=C(O)c1cnc(Oc2ccc3c(c2)CCN(C2CCC2)CC3)cn1. The number of hydrogen-bond donors (Lipinski definition) is 2. The summed E-state index contributed by atoms with van der Waals surface area (Å²) in [6.45, 7) is 2.24. The van der Waals surface area contributed by atoms with Crippen molar-refractivity contribution in [1.82, 2.24) is 14.9 Å². The summed E-state index contributed by atoms with van der Waals surface area (Å²) < 4.78 is 5.75. The molecule has 0 bridgehead atoms. The summed E-state index contributed by atoms with van der Waals surface area (Å²) in [5.41, 5.74) is 7.13. The predicted octanol–water partition coefficient (Wildman–Crippen LogP) is 2.50. The summed E-state index contributed by atoms with van der Waals surface area (Å²) in [4.78, 5) is 21.3. The van der Waals surface area contributed by atoms with E-state index >= 15 is 0 Å². The van der Waals surface area contributed by atoms with E-state index in [2.05, 4.69) is 32.7 Å². The molecule has 1 aromatic heterocycles. The van der Waals surface area contributed by atoms with Crippen LogP contribution in [0.2, 0.25) is 0 Å². The molecule has 4 rings (SSSR count).